The number of amides is 3. The fraction of sp³-hybridized carbons (Fsp3) is 0.391. The highest BCUT2D eigenvalue weighted by Gasteiger charge is 2.39. The normalized spacial score (nSPS) is 19.1. The number of carbonyl (C=O) groups is 2. The Morgan fingerprint density at radius 1 is 1.04 bits per heavy atom. The van der Waals surface area contributed by atoms with Gasteiger partial charge in [-0.15, -0.1) is 0 Å². The lowest BCUT2D eigenvalue weighted by Crippen LogP contribution is -2.52. The Kier molecular flexibility index (Phi) is 6.34. The van der Waals surface area contributed by atoms with Crippen LogP contribution < -0.4 is 10.6 Å². The largest absolute Gasteiger partial charge is 0.351 e. The monoisotopic (exact) mass is 379 g/mol. The van der Waals surface area contributed by atoms with Crippen LogP contribution in [-0.4, -0.2) is 29.9 Å². The Morgan fingerprint density at radius 2 is 1.75 bits per heavy atom. The highest BCUT2D eigenvalue weighted by molar-refractivity contribution is 5.90. The molecule has 1 heterocycles. The van der Waals surface area contributed by atoms with E-state index in [9.17, 15) is 9.59 Å². The molecule has 148 valence electrons. The van der Waals surface area contributed by atoms with Crippen LogP contribution in [-0.2, 0) is 17.8 Å². The summed E-state index contributed by atoms with van der Waals surface area (Å²) >= 11 is 0. The Hall–Kier alpha value is -2.82. The summed E-state index contributed by atoms with van der Waals surface area (Å²) in [4.78, 5) is 27.3. The molecule has 0 unspecified atom stereocenters. The summed E-state index contributed by atoms with van der Waals surface area (Å²) in [6.07, 6.45) is 2.57. The van der Waals surface area contributed by atoms with Crippen molar-refractivity contribution in [3.63, 3.8) is 0 Å². The van der Waals surface area contributed by atoms with Gasteiger partial charge >= 0.3 is 6.03 Å². The maximum absolute atomic E-state index is 12.8. The number of benzene rings is 2. The van der Waals surface area contributed by atoms with Crippen molar-refractivity contribution in [1.82, 2.24) is 10.2 Å². The minimum Gasteiger partial charge on any atom is -0.351 e. The first-order chi connectivity index (χ1) is 13.5. The van der Waals surface area contributed by atoms with Gasteiger partial charge in [0.15, 0.2) is 0 Å². The summed E-state index contributed by atoms with van der Waals surface area (Å²) in [7, 11) is 0. The first-order valence-electron chi connectivity index (χ1n) is 9.97. The summed E-state index contributed by atoms with van der Waals surface area (Å²) in [6.45, 7) is 5.64. The van der Waals surface area contributed by atoms with Gasteiger partial charge in [-0.3, -0.25) is 4.79 Å². The predicted octanol–water partition coefficient (Wildman–Crippen LogP) is 4.20. The molecule has 3 amide bonds. The van der Waals surface area contributed by atoms with Crippen molar-refractivity contribution in [2.75, 3.05) is 18.4 Å². The third-order valence-corrected chi connectivity index (χ3v) is 5.44. The van der Waals surface area contributed by atoms with Gasteiger partial charge in [-0.1, -0.05) is 49.4 Å². The third-order valence-electron chi connectivity index (χ3n) is 5.44. The van der Waals surface area contributed by atoms with E-state index in [2.05, 4.69) is 17.6 Å². The van der Waals surface area contributed by atoms with Crippen molar-refractivity contribution < 1.29 is 9.59 Å². The Balaban J connectivity index is 1.58. The molecular formula is C23H29N3O2. The van der Waals surface area contributed by atoms with E-state index in [1.54, 1.807) is 4.90 Å². The van der Waals surface area contributed by atoms with Crippen molar-refractivity contribution >= 4 is 17.6 Å². The number of hydrogen-bond donors (Lipinski definition) is 2. The van der Waals surface area contributed by atoms with Crippen LogP contribution in [0, 0.1) is 5.41 Å². The van der Waals surface area contributed by atoms with Crippen LogP contribution >= 0.6 is 0 Å². The number of rotatable bonds is 5. The number of aryl methyl sites for hydroxylation is 1. The molecule has 0 spiro atoms. The van der Waals surface area contributed by atoms with Gasteiger partial charge in [0, 0.05) is 25.3 Å². The lowest BCUT2D eigenvalue weighted by molar-refractivity contribution is -0.132. The Labute approximate surface area is 167 Å². The van der Waals surface area contributed by atoms with Gasteiger partial charge in [0.05, 0.1) is 5.41 Å². The summed E-state index contributed by atoms with van der Waals surface area (Å²) in [5.74, 6) is 0.00107. The highest BCUT2D eigenvalue weighted by atomic mass is 16.2. The number of nitrogens with zero attached hydrogens (tertiary/aromatic N) is 1. The van der Waals surface area contributed by atoms with Gasteiger partial charge in [0.2, 0.25) is 5.91 Å². The maximum Gasteiger partial charge on any atom is 0.321 e. The number of hydrogen-bond acceptors (Lipinski definition) is 2. The van der Waals surface area contributed by atoms with E-state index >= 15 is 0 Å². The molecule has 3 rings (SSSR count). The fourth-order valence-electron chi connectivity index (χ4n) is 3.62. The smallest absolute Gasteiger partial charge is 0.321 e. The summed E-state index contributed by atoms with van der Waals surface area (Å²) in [5, 5.41) is 5.99. The second kappa shape index (κ2) is 8.91. The summed E-state index contributed by atoms with van der Waals surface area (Å²) in [6, 6.07) is 17.6. The van der Waals surface area contributed by atoms with E-state index < -0.39 is 5.41 Å². The third kappa shape index (κ3) is 4.91. The molecule has 1 fully saturated rings. The number of carbonyl (C=O) groups excluding carboxylic acids is 2. The van der Waals surface area contributed by atoms with Crippen molar-refractivity contribution in [3.05, 3.63) is 65.7 Å². The first-order valence-corrected chi connectivity index (χ1v) is 9.97. The molecule has 1 aliphatic rings. The number of likely N-dealkylation sites (tertiary alicyclic amines) is 1. The van der Waals surface area contributed by atoms with E-state index in [1.807, 2.05) is 61.5 Å². The minimum atomic E-state index is -0.573. The quantitative estimate of drug-likeness (QED) is 0.818. The number of piperidine rings is 1. The Bertz CT molecular complexity index is 804. The zero-order valence-corrected chi connectivity index (χ0v) is 16.7. The second-order valence-corrected chi connectivity index (χ2v) is 7.73. The second-order valence-electron chi connectivity index (χ2n) is 7.73. The lowest BCUT2D eigenvalue weighted by Gasteiger charge is -2.39. The van der Waals surface area contributed by atoms with Gasteiger partial charge in [0.25, 0.3) is 0 Å². The minimum absolute atomic E-state index is 0.00107. The average Bonchev–Trinajstić information content (AvgIpc) is 2.73. The molecule has 5 nitrogen and oxygen atoms in total. The van der Waals surface area contributed by atoms with Crippen LogP contribution in [0.15, 0.2) is 54.6 Å². The number of anilines is 1. The van der Waals surface area contributed by atoms with E-state index in [-0.39, 0.29) is 11.9 Å². The van der Waals surface area contributed by atoms with Crippen molar-refractivity contribution in [2.45, 2.75) is 39.7 Å². The molecule has 28 heavy (non-hydrogen) atoms. The van der Waals surface area contributed by atoms with E-state index in [0.29, 0.717) is 19.6 Å². The maximum atomic E-state index is 12.8. The van der Waals surface area contributed by atoms with Gasteiger partial charge < -0.3 is 15.5 Å². The van der Waals surface area contributed by atoms with Gasteiger partial charge in [-0.2, -0.15) is 0 Å². The van der Waals surface area contributed by atoms with Crippen LogP contribution in [0.3, 0.4) is 0 Å². The van der Waals surface area contributed by atoms with E-state index in [0.717, 1.165) is 30.5 Å². The molecule has 1 aliphatic heterocycles. The molecule has 0 bridgehead atoms. The van der Waals surface area contributed by atoms with Crippen molar-refractivity contribution in [2.24, 2.45) is 5.41 Å². The van der Waals surface area contributed by atoms with Crippen LogP contribution in [0.25, 0.3) is 0 Å². The number of urea groups is 1. The first kappa shape index (κ1) is 19.9. The predicted molar refractivity (Wildman–Crippen MR) is 112 cm³/mol. The SMILES string of the molecule is CCc1ccc(NC(=O)N2CCC[C@@](C)(C(=O)NCc3ccccc3)C2)cc1. The molecule has 0 aromatic heterocycles. The van der Waals surface area contributed by atoms with Gasteiger partial charge in [-0.25, -0.2) is 4.79 Å². The molecule has 2 aromatic rings. The van der Waals surface area contributed by atoms with Crippen LogP contribution in [0.4, 0.5) is 10.5 Å². The van der Waals surface area contributed by atoms with Crippen LogP contribution in [0.2, 0.25) is 0 Å². The average molecular weight is 380 g/mol. The van der Waals surface area contributed by atoms with Crippen LogP contribution in [0.1, 0.15) is 37.8 Å². The molecular weight excluding hydrogens is 350 g/mol. The van der Waals surface area contributed by atoms with Crippen molar-refractivity contribution in [1.29, 1.82) is 0 Å². The topological polar surface area (TPSA) is 61.4 Å². The summed E-state index contributed by atoms with van der Waals surface area (Å²) in [5.41, 5.74) is 2.51. The molecule has 0 radical (unpaired) electrons. The fourth-order valence-corrected chi connectivity index (χ4v) is 3.62. The van der Waals surface area contributed by atoms with Crippen molar-refractivity contribution in [3.8, 4) is 0 Å². The molecule has 1 saturated heterocycles. The summed E-state index contributed by atoms with van der Waals surface area (Å²) < 4.78 is 0. The zero-order valence-electron chi connectivity index (χ0n) is 16.7. The molecule has 0 saturated carbocycles. The highest BCUT2D eigenvalue weighted by Crippen LogP contribution is 2.30. The molecule has 0 aliphatic carbocycles. The standard InChI is InChI=1S/C23H29N3O2/c1-3-18-10-12-20(13-11-18)25-22(28)26-15-7-14-23(2,17-26)21(27)24-16-19-8-5-4-6-9-19/h4-6,8-13H,3,7,14-17H2,1-2H3,(H,24,27)(H,25,28)/t23-/m1/s1. The van der Waals surface area contributed by atoms with Gasteiger partial charge in [-0.05, 0) is 49.4 Å². The van der Waals surface area contributed by atoms with Crippen LogP contribution in [0.5, 0.6) is 0 Å². The number of nitrogens with one attached hydrogen (secondary N) is 2. The molecule has 2 N–H and O–H groups in total. The van der Waals surface area contributed by atoms with Gasteiger partial charge in [0.1, 0.15) is 0 Å². The molecule has 1 atom stereocenters. The molecule has 2 aromatic carbocycles. The molecule has 5 heteroatoms. The Morgan fingerprint density at radius 3 is 2.43 bits per heavy atom. The lowest BCUT2D eigenvalue weighted by atomic mass is 9.81. The van der Waals surface area contributed by atoms with E-state index in [4.69, 9.17) is 0 Å². The zero-order chi connectivity index (χ0) is 20.0. The van der Waals surface area contributed by atoms with E-state index in [1.165, 1.54) is 5.56 Å².